The van der Waals surface area contributed by atoms with Crippen LogP contribution in [-0.2, 0) is 28.5 Å². The van der Waals surface area contributed by atoms with Gasteiger partial charge < -0.3 is 47.7 Å². The Morgan fingerprint density at radius 3 is 1.67 bits per heavy atom. The number of benzene rings is 2. The van der Waals surface area contributed by atoms with Crippen LogP contribution in [0.5, 0.6) is 23.0 Å². The second kappa shape index (κ2) is 20.4. The molecule has 1 fully saturated rings. The van der Waals surface area contributed by atoms with Gasteiger partial charge in [0, 0.05) is 6.61 Å². The van der Waals surface area contributed by atoms with Crippen molar-refractivity contribution in [3.8, 4) is 23.0 Å². The molecule has 12 nitrogen and oxygen atoms in total. The van der Waals surface area contributed by atoms with Crippen molar-refractivity contribution in [2.75, 3.05) is 92.4 Å². The molecule has 0 radical (unpaired) electrons. The van der Waals surface area contributed by atoms with Crippen LogP contribution < -0.4 is 18.9 Å². The maximum absolute atomic E-state index is 13.1. The van der Waals surface area contributed by atoms with Gasteiger partial charge in [-0.05, 0) is 76.4 Å². The number of para-hydroxylation sites is 2. The number of carbonyl (C=O) groups excluding carboxylic acids is 1. The highest BCUT2D eigenvalue weighted by Gasteiger charge is 2.54. The number of esters is 1. The third kappa shape index (κ3) is 13.1. The Hall–Kier alpha value is -3.13. The van der Waals surface area contributed by atoms with Gasteiger partial charge in [-0.15, -0.1) is 0 Å². The summed E-state index contributed by atoms with van der Waals surface area (Å²) in [7, 11) is 0. The zero-order valence-electron chi connectivity index (χ0n) is 28.7. The molecule has 0 aliphatic carbocycles. The molecule has 0 aromatic heterocycles. The lowest BCUT2D eigenvalue weighted by Gasteiger charge is -2.19. The number of hydrogen-bond acceptors (Lipinski definition) is 12. The number of aliphatic hydroxyl groups is 1. The van der Waals surface area contributed by atoms with E-state index >= 15 is 0 Å². The number of ether oxygens (including phenoxy) is 9. The van der Waals surface area contributed by atoms with Crippen molar-refractivity contribution in [1.82, 2.24) is 4.90 Å². The predicted octanol–water partition coefficient (Wildman–Crippen LogP) is 4.21. The van der Waals surface area contributed by atoms with Crippen molar-refractivity contribution in [2.45, 2.75) is 57.7 Å². The first-order chi connectivity index (χ1) is 23.4. The van der Waals surface area contributed by atoms with Gasteiger partial charge in [-0.1, -0.05) is 18.2 Å². The van der Waals surface area contributed by atoms with E-state index in [1.807, 2.05) is 63.2 Å². The van der Waals surface area contributed by atoms with Crippen LogP contribution in [0.25, 0.3) is 0 Å². The van der Waals surface area contributed by atoms with E-state index in [-0.39, 0.29) is 24.7 Å². The summed E-state index contributed by atoms with van der Waals surface area (Å²) in [5.74, 6) is 2.22. The molecule has 4 rings (SSSR count). The zero-order chi connectivity index (χ0) is 34.0. The van der Waals surface area contributed by atoms with Crippen LogP contribution >= 0.6 is 0 Å². The average Bonchev–Trinajstić information content (AvgIpc) is 3.79. The Bertz CT molecular complexity index is 1220. The molecule has 48 heavy (non-hydrogen) atoms. The molecule has 0 amide bonds. The molecular weight excluding hydrogens is 622 g/mol. The molecule has 1 N–H and O–H groups in total. The summed E-state index contributed by atoms with van der Waals surface area (Å²) in [5, 5.41) is 9.19. The average molecular weight is 676 g/mol. The molecule has 0 spiro atoms. The minimum absolute atomic E-state index is 0.134. The van der Waals surface area contributed by atoms with Crippen LogP contribution in [-0.4, -0.2) is 120 Å². The molecule has 12 heteroatoms. The van der Waals surface area contributed by atoms with Crippen LogP contribution in [0, 0.1) is 0 Å². The Balaban J connectivity index is 1.36. The number of nitrogens with zero attached hydrogens (tertiary/aromatic N) is 1. The van der Waals surface area contributed by atoms with E-state index in [0.29, 0.717) is 102 Å². The van der Waals surface area contributed by atoms with Crippen molar-refractivity contribution < 1.29 is 52.5 Å². The van der Waals surface area contributed by atoms with Gasteiger partial charge in [0.1, 0.15) is 38.1 Å². The van der Waals surface area contributed by atoms with Crippen LogP contribution in [0.2, 0.25) is 0 Å². The molecule has 2 heterocycles. The zero-order valence-corrected chi connectivity index (χ0v) is 28.7. The summed E-state index contributed by atoms with van der Waals surface area (Å²) < 4.78 is 52.4. The summed E-state index contributed by atoms with van der Waals surface area (Å²) in [4.78, 5) is 15.3. The van der Waals surface area contributed by atoms with E-state index < -0.39 is 5.60 Å². The Morgan fingerprint density at radius 1 is 0.688 bits per heavy atom. The molecule has 2 aliphatic rings. The number of aliphatic hydroxyl groups excluding tert-OH is 1. The fourth-order valence-corrected chi connectivity index (χ4v) is 5.25. The standard InChI is InChI=1S/C36H53NO11/c1-36(2,3)48-35(39)34-33(37(34)13-7-4-8-14-38)28-11-12-31-32(27-28)47-26-22-43-18-17-41-20-24-45-30-10-6-5-9-29(30)44-23-19-40-15-16-42-21-25-46-31/h5-6,9-12,27,33-34,38H,4,7-8,13-26H2,1-3H3. The molecule has 2 aromatic carbocycles. The van der Waals surface area contributed by atoms with Gasteiger partial charge in [0.05, 0.1) is 58.9 Å². The maximum atomic E-state index is 13.1. The van der Waals surface area contributed by atoms with E-state index in [9.17, 15) is 9.90 Å². The van der Waals surface area contributed by atoms with Crippen molar-refractivity contribution in [2.24, 2.45) is 0 Å². The van der Waals surface area contributed by atoms with E-state index in [0.717, 1.165) is 31.4 Å². The topological polar surface area (TPSA) is 123 Å². The minimum atomic E-state index is -0.583. The van der Waals surface area contributed by atoms with Gasteiger partial charge in [-0.2, -0.15) is 0 Å². The second-order valence-electron chi connectivity index (χ2n) is 12.4. The highest BCUT2D eigenvalue weighted by atomic mass is 16.6. The van der Waals surface area contributed by atoms with Gasteiger partial charge in [0.25, 0.3) is 0 Å². The SMILES string of the molecule is CC(C)(C)OC(=O)C1C(c2ccc3c(c2)OCCOCCOCCOc2ccccc2OCCOCCOCCO3)N1CCCCCO. The van der Waals surface area contributed by atoms with Gasteiger partial charge in [-0.25, -0.2) is 0 Å². The highest BCUT2D eigenvalue weighted by Crippen LogP contribution is 2.46. The fourth-order valence-electron chi connectivity index (χ4n) is 5.25. The molecule has 3 unspecified atom stereocenters. The Morgan fingerprint density at radius 2 is 1.17 bits per heavy atom. The third-order valence-corrected chi connectivity index (χ3v) is 7.49. The largest absolute Gasteiger partial charge is 0.487 e. The number of carbonyl (C=O) groups is 1. The minimum Gasteiger partial charge on any atom is -0.487 e. The third-order valence-electron chi connectivity index (χ3n) is 7.49. The number of hydrogen-bond donors (Lipinski definition) is 1. The van der Waals surface area contributed by atoms with Crippen molar-refractivity contribution in [1.29, 1.82) is 0 Å². The molecule has 268 valence electrons. The first-order valence-electron chi connectivity index (χ1n) is 17.0. The highest BCUT2D eigenvalue weighted by molar-refractivity contribution is 5.81. The molecule has 2 aliphatic heterocycles. The summed E-state index contributed by atoms with van der Waals surface area (Å²) in [6, 6.07) is 12.8. The van der Waals surface area contributed by atoms with Crippen LogP contribution in [0.4, 0.5) is 0 Å². The number of rotatable bonds is 7. The first-order valence-corrected chi connectivity index (χ1v) is 17.0. The summed E-state index contributed by atoms with van der Waals surface area (Å²) >= 11 is 0. The maximum Gasteiger partial charge on any atom is 0.325 e. The second-order valence-corrected chi connectivity index (χ2v) is 12.4. The summed E-state index contributed by atoms with van der Waals surface area (Å²) in [6.07, 6.45) is 2.50. The molecule has 0 saturated carbocycles. The normalized spacial score (nSPS) is 22.2. The van der Waals surface area contributed by atoms with Gasteiger partial charge in [0.15, 0.2) is 23.0 Å². The van der Waals surface area contributed by atoms with E-state index in [4.69, 9.17) is 42.6 Å². The van der Waals surface area contributed by atoms with Gasteiger partial charge in [0.2, 0.25) is 0 Å². The molecule has 3 atom stereocenters. The Labute approximate surface area is 284 Å². The predicted molar refractivity (Wildman–Crippen MR) is 178 cm³/mol. The lowest BCUT2D eigenvalue weighted by molar-refractivity contribution is -0.155. The van der Waals surface area contributed by atoms with Crippen molar-refractivity contribution in [3.63, 3.8) is 0 Å². The van der Waals surface area contributed by atoms with E-state index in [2.05, 4.69) is 4.90 Å². The first kappa shape index (κ1) is 37.7. The van der Waals surface area contributed by atoms with E-state index in [1.54, 1.807) is 0 Å². The number of unbranched alkanes of at least 4 members (excludes halogenated alkanes) is 2. The lowest BCUT2D eigenvalue weighted by atomic mass is 10.1. The van der Waals surface area contributed by atoms with Crippen molar-refractivity contribution in [3.05, 3.63) is 48.0 Å². The summed E-state index contributed by atoms with van der Waals surface area (Å²) in [5.41, 5.74) is 0.362. The van der Waals surface area contributed by atoms with Crippen LogP contribution in [0.15, 0.2) is 42.5 Å². The van der Waals surface area contributed by atoms with Gasteiger partial charge >= 0.3 is 5.97 Å². The lowest BCUT2D eigenvalue weighted by Crippen LogP contribution is -2.28. The van der Waals surface area contributed by atoms with Crippen LogP contribution in [0.1, 0.15) is 51.6 Å². The van der Waals surface area contributed by atoms with E-state index in [1.165, 1.54) is 0 Å². The molecule has 1 saturated heterocycles. The smallest absolute Gasteiger partial charge is 0.325 e. The van der Waals surface area contributed by atoms with Gasteiger partial charge in [-0.3, -0.25) is 9.69 Å². The molecular formula is C36H53NO11. The quantitative estimate of drug-likeness (QED) is 0.257. The molecule has 2 aromatic rings. The monoisotopic (exact) mass is 675 g/mol. The van der Waals surface area contributed by atoms with Crippen molar-refractivity contribution >= 4 is 5.97 Å². The number of fused-ring (bicyclic) bond motifs is 2. The summed E-state index contributed by atoms with van der Waals surface area (Å²) in [6.45, 7) is 11.2. The Kier molecular flexibility index (Phi) is 16.0. The molecule has 0 bridgehead atoms. The fraction of sp³-hybridized carbons (Fsp3) is 0.639. The van der Waals surface area contributed by atoms with Crippen LogP contribution in [0.3, 0.4) is 0 Å².